The molecule has 152 valence electrons. The van der Waals surface area contributed by atoms with E-state index in [2.05, 4.69) is 51.7 Å². The van der Waals surface area contributed by atoms with Crippen LogP contribution in [0.3, 0.4) is 0 Å². The lowest BCUT2D eigenvalue weighted by Crippen LogP contribution is -2.12. The number of rotatable bonds is 7. The first-order chi connectivity index (χ1) is 14.5. The van der Waals surface area contributed by atoms with E-state index in [1.54, 1.807) is 0 Å². The predicted molar refractivity (Wildman–Crippen MR) is 118 cm³/mol. The van der Waals surface area contributed by atoms with Gasteiger partial charge in [-0.05, 0) is 31.5 Å². The summed E-state index contributed by atoms with van der Waals surface area (Å²) in [4.78, 5) is 17.7. The highest BCUT2D eigenvalue weighted by molar-refractivity contribution is 7.15. The summed E-state index contributed by atoms with van der Waals surface area (Å²) in [7, 11) is 0. The number of nitrogens with one attached hydrogen (secondary N) is 1. The zero-order valence-corrected chi connectivity index (χ0v) is 17.7. The molecule has 0 saturated heterocycles. The first kappa shape index (κ1) is 20.0. The second kappa shape index (κ2) is 9.00. The van der Waals surface area contributed by atoms with Gasteiger partial charge >= 0.3 is 0 Å². The van der Waals surface area contributed by atoms with E-state index >= 15 is 0 Å². The molecule has 0 unspecified atom stereocenters. The summed E-state index contributed by atoms with van der Waals surface area (Å²) in [5, 5.41) is 11.6. The van der Waals surface area contributed by atoms with E-state index in [9.17, 15) is 4.79 Å². The number of thiazole rings is 1. The highest BCUT2D eigenvalue weighted by Gasteiger charge is 2.12. The average molecular weight is 419 g/mol. The Balaban J connectivity index is 1.28. The van der Waals surface area contributed by atoms with Gasteiger partial charge in [0.1, 0.15) is 0 Å². The summed E-state index contributed by atoms with van der Waals surface area (Å²) in [5.41, 5.74) is 4.50. The molecule has 2 aromatic heterocycles. The van der Waals surface area contributed by atoms with Crippen LogP contribution in [0.2, 0.25) is 0 Å². The highest BCUT2D eigenvalue weighted by Crippen LogP contribution is 2.22. The monoisotopic (exact) mass is 418 g/mol. The summed E-state index contributed by atoms with van der Waals surface area (Å²) in [5.74, 6) is 0.785. The minimum atomic E-state index is -0.124. The van der Waals surface area contributed by atoms with Crippen molar-refractivity contribution in [3.63, 3.8) is 0 Å². The van der Waals surface area contributed by atoms with Crippen LogP contribution in [0.5, 0.6) is 0 Å². The lowest BCUT2D eigenvalue weighted by Gasteiger charge is -2.00. The van der Waals surface area contributed by atoms with Gasteiger partial charge in [0.05, 0.1) is 0 Å². The van der Waals surface area contributed by atoms with Gasteiger partial charge in [0.2, 0.25) is 17.7 Å². The van der Waals surface area contributed by atoms with Gasteiger partial charge in [0, 0.05) is 35.9 Å². The van der Waals surface area contributed by atoms with Crippen LogP contribution in [-0.4, -0.2) is 21.1 Å². The maximum atomic E-state index is 12.3. The predicted octanol–water partition coefficient (Wildman–Crippen LogP) is 4.97. The molecule has 2 aromatic carbocycles. The number of hydrogen-bond acceptors (Lipinski definition) is 6. The van der Waals surface area contributed by atoms with E-state index in [0.29, 0.717) is 23.3 Å². The summed E-state index contributed by atoms with van der Waals surface area (Å²) in [6.07, 6.45) is 3.25. The third kappa shape index (κ3) is 5.18. The van der Waals surface area contributed by atoms with Crippen LogP contribution in [0.15, 0.2) is 59.1 Å². The molecule has 0 aliphatic carbocycles. The molecule has 6 nitrogen and oxygen atoms in total. The van der Waals surface area contributed by atoms with Crippen molar-refractivity contribution in [2.75, 3.05) is 5.32 Å². The number of amides is 1. The van der Waals surface area contributed by atoms with Crippen molar-refractivity contribution in [1.29, 1.82) is 0 Å². The van der Waals surface area contributed by atoms with Crippen LogP contribution in [0, 0.1) is 13.8 Å². The lowest BCUT2D eigenvalue weighted by molar-refractivity contribution is -0.116. The van der Waals surface area contributed by atoms with Crippen LogP contribution in [0.25, 0.3) is 11.5 Å². The minimum Gasteiger partial charge on any atom is -0.421 e. The summed E-state index contributed by atoms with van der Waals surface area (Å²) in [6.45, 7) is 4.09. The standard InChI is InChI=1S/C23H22N4O2S/c1-15-3-7-17(8-4-15)13-19-14-24-23(30-19)25-20(28)11-12-21-26-27-22(29-21)18-9-5-16(2)6-10-18/h3-10,14H,11-13H2,1-2H3,(H,24,25,28). The molecule has 4 aromatic rings. The number of hydrogen-bond donors (Lipinski definition) is 1. The van der Waals surface area contributed by atoms with Crippen molar-refractivity contribution in [2.24, 2.45) is 0 Å². The topological polar surface area (TPSA) is 80.9 Å². The molecule has 0 aliphatic rings. The van der Waals surface area contributed by atoms with Gasteiger partial charge in [-0.25, -0.2) is 4.98 Å². The number of nitrogens with zero attached hydrogens (tertiary/aromatic N) is 3. The fourth-order valence-corrected chi connectivity index (χ4v) is 3.79. The average Bonchev–Trinajstić information content (AvgIpc) is 3.38. The van der Waals surface area contributed by atoms with Crippen molar-refractivity contribution < 1.29 is 9.21 Å². The third-order valence-corrected chi connectivity index (χ3v) is 5.54. The molecule has 0 spiro atoms. The van der Waals surface area contributed by atoms with Crippen molar-refractivity contribution in [1.82, 2.24) is 15.2 Å². The molecule has 7 heteroatoms. The number of carbonyl (C=O) groups is 1. The zero-order valence-electron chi connectivity index (χ0n) is 16.9. The smallest absolute Gasteiger partial charge is 0.247 e. The zero-order chi connectivity index (χ0) is 20.9. The van der Waals surface area contributed by atoms with Gasteiger partial charge < -0.3 is 9.73 Å². The van der Waals surface area contributed by atoms with Crippen LogP contribution in [0.1, 0.15) is 33.9 Å². The normalized spacial score (nSPS) is 10.9. The first-order valence-electron chi connectivity index (χ1n) is 9.75. The molecule has 0 fully saturated rings. The molecule has 0 atom stereocenters. The van der Waals surface area contributed by atoms with Crippen LogP contribution in [0.4, 0.5) is 5.13 Å². The molecule has 1 N–H and O–H groups in total. The van der Waals surface area contributed by atoms with Crippen molar-refractivity contribution in [3.05, 3.63) is 82.2 Å². The van der Waals surface area contributed by atoms with Gasteiger partial charge in [-0.2, -0.15) is 0 Å². The molecular formula is C23H22N4O2S. The van der Waals surface area contributed by atoms with Crippen LogP contribution >= 0.6 is 11.3 Å². The lowest BCUT2D eigenvalue weighted by atomic mass is 10.1. The molecule has 4 rings (SSSR count). The molecule has 0 aliphatic heterocycles. The van der Waals surface area contributed by atoms with E-state index in [4.69, 9.17) is 4.42 Å². The Bertz CT molecular complexity index is 1130. The van der Waals surface area contributed by atoms with Crippen molar-refractivity contribution in [3.8, 4) is 11.5 Å². The number of anilines is 1. The van der Waals surface area contributed by atoms with Crippen molar-refractivity contribution >= 4 is 22.4 Å². The van der Waals surface area contributed by atoms with E-state index in [1.165, 1.54) is 28.0 Å². The fourth-order valence-electron chi connectivity index (χ4n) is 2.92. The Kier molecular flexibility index (Phi) is 5.99. The second-order valence-electron chi connectivity index (χ2n) is 7.21. The van der Waals surface area contributed by atoms with Crippen LogP contribution in [-0.2, 0) is 17.6 Å². The third-order valence-electron chi connectivity index (χ3n) is 4.63. The number of aromatic nitrogens is 3. The van der Waals surface area contributed by atoms with Gasteiger partial charge in [-0.15, -0.1) is 21.5 Å². The molecule has 0 radical (unpaired) electrons. The van der Waals surface area contributed by atoms with E-state index in [1.807, 2.05) is 37.4 Å². The summed E-state index contributed by atoms with van der Waals surface area (Å²) < 4.78 is 5.67. The van der Waals surface area contributed by atoms with Crippen molar-refractivity contribution in [2.45, 2.75) is 33.1 Å². The fraction of sp³-hybridized carbons (Fsp3) is 0.217. The quantitative estimate of drug-likeness (QED) is 0.458. The van der Waals surface area contributed by atoms with E-state index < -0.39 is 0 Å². The Morgan fingerprint density at radius 1 is 1.00 bits per heavy atom. The Morgan fingerprint density at radius 3 is 2.43 bits per heavy atom. The summed E-state index contributed by atoms with van der Waals surface area (Å²) >= 11 is 1.49. The molecular weight excluding hydrogens is 396 g/mol. The molecule has 2 heterocycles. The molecule has 1 amide bonds. The molecule has 0 saturated carbocycles. The molecule has 30 heavy (non-hydrogen) atoms. The van der Waals surface area contributed by atoms with E-state index in [-0.39, 0.29) is 12.3 Å². The number of carbonyl (C=O) groups excluding carboxylic acids is 1. The SMILES string of the molecule is Cc1ccc(Cc2cnc(NC(=O)CCc3nnc(-c4ccc(C)cc4)o3)s2)cc1. The van der Waals surface area contributed by atoms with Gasteiger partial charge in [0.25, 0.3) is 0 Å². The Labute approximate surface area is 179 Å². The molecule has 0 bridgehead atoms. The van der Waals surface area contributed by atoms with Crippen LogP contribution < -0.4 is 5.32 Å². The largest absolute Gasteiger partial charge is 0.421 e. The summed E-state index contributed by atoms with van der Waals surface area (Å²) in [6, 6.07) is 16.3. The number of benzene rings is 2. The van der Waals surface area contributed by atoms with Gasteiger partial charge in [-0.3, -0.25) is 4.79 Å². The highest BCUT2D eigenvalue weighted by atomic mass is 32.1. The van der Waals surface area contributed by atoms with Gasteiger partial charge in [0.15, 0.2) is 5.13 Å². The first-order valence-corrected chi connectivity index (χ1v) is 10.6. The Hall–Kier alpha value is -3.32. The Morgan fingerprint density at radius 2 is 1.70 bits per heavy atom. The van der Waals surface area contributed by atoms with Gasteiger partial charge in [-0.1, -0.05) is 47.5 Å². The second-order valence-corrected chi connectivity index (χ2v) is 8.32. The maximum Gasteiger partial charge on any atom is 0.247 e. The number of aryl methyl sites for hydroxylation is 3. The maximum absolute atomic E-state index is 12.3. The van der Waals surface area contributed by atoms with E-state index in [0.717, 1.165) is 16.9 Å². The minimum absolute atomic E-state index is 0.124.